The summed E-state index contributed by atoms with van der Waals surface area (Å²) in [5, 5.41) is 4.61. The summed E-state index contributed by atoms with van der Waals surface area (Å²) in [6, 6.07) is 38.3. The number of hydrogen-bond donors (Lipinski definition) is 1. The second-order valence-electron chi connectivity index (χ2n) is 10.4. The molecular weight excluding hydrogens is 538 g/mol. The van der Waals surface area contributed by atoms with E-state index in [1.54, 1.807) is 17.7 Å². The van der Waals surface area contributed by atoms with Gasteiger partial charge in [0.1, 0.15) is 5.54 Å². The van der Waals surface area contributed by atoms with E-state index in [9.17, 15) is 9.59 Å². The number of esters is 1. The quantitative estimate of drug-likeness (QED) is 0.200. The molecule has 3 heterocycles. The minimum absolute atomic E-state index is 0.00443. The van der Waals surface area contributed by atoms with Crippen LogP contribution in [0.25, 0.3) is 33.2 Å². The average Bonchev–Trinajstić information content (AvgIpc) is 3.64. The number of imidazole rings is 1. The number of aromatic amines is 1. The molecule has 8 nitrogen and oxygen atoms in total. The molecule has 0 aliphatic heterocycles. The Morgan fingerprint density at radius 3 is 1.81 bits per heavy atom. The van der Waals surface area contributed by atoms with E-state index in [-0.39, 0.29) is 11.4 Å². The Labute approximate surface area is 246 Å². The smallest absolute Gasteiger partial charge is 0.376 e. The number of aromatic nitrogens is 5. The molecule has 0 atom stereocenters. The van der Waals surface area contributed by atoms with E-state index in [0.717, 1.165) is 38.9 Å². The van der Waals surface area contributed by atoms with Gasteiger partial charge in [-0.3, -0.25) is 14.6 Å². The Kier molecular flexibility index (Phi) is 6.24. The first-order valence-electron chi connectivity index (χ1n) is 13.9. The van der Waals surface area contributed by atoms with Crippen LogP contribution in [0.4, 0.5) is 0 Å². The normalized spacial score (nSPS) is 11.7. The number of methoxy groups -OCH3 is 1. The molecule has 0 saturated carbocycles. The lowest BCUT2D eigenvalue weighted by Gasteiger charge is -2.37. The molecule has 0 unspecified atom stereocenters. The van der Waals surface area contributed by atoms with Gasteiger partial charge in [-0.1, -0.05) is 91.0 Å². The van der Waals surface area contributed by atoms with Gasteiger partial charge in [-0.25, -0.2) is 14.8 Å². The summed E-state index contributed by atoms with van der Waals surface area (Å²) in [6.07, 6.45) is 1.81. The number of H-pyrrole nitrogens is 1. The van der Waals surface area contributed by atoms with Gasteiger partial charge in [-0.05, 0) is 34.9 Å². The highest BCUT2D eigenvalue weighted by atomic mass is 16.5. The number of fused-ring (bicyclic) bond motifs is 2. The summed E-state index contributed by atoms with van der Waals surface area (Å²) >= 11 is 0. The number of carbonyl (C=O) groups excluding carboxylic acids is 1. The molecule has 7 aromatic rings. The molecule has 0 aliphatic rings. The molecular formula is C35H27N5O3. The average molecular weight is 566 g/mol. The van der Waals surface area contributed by atoms with Crippen molar-refractivity contribution in [3.63, 3.8) is 0 Å². The number of aryl methyl sites for hydroxylation is 1. The lowest BCUT2D eigenvalue weighted by molar-refractivity contribution is 0.0588. The molecule has 4 aromatic carbocycles. The van der Waals surface area contributed by atoms with E-state index in [1.807, 2.05) is 79.0 Å². The van der Waals surface area contributed by atoms with Gasteiger partial charge in [0.25, 0.3) is 0 Å². The number of nitrogens with zero attached hydrogens (tertiary/aromatic N) is 4. The molecule has 0 spiro atoms. The molecule has 3 aromatic heterocycles. The molecule has 0 aliphatic carbocycles. The number of carbonyl (C=O) groups is 1. The van der Waals surface area contributed by atoms with Crippen molar-refractivity contribution in [1.29, 1.82) is 0 Å². The Morgan fingerprint density at radius 1 is 0.767 bits per heavy atom. The van der Waals surface area contributed by atoms with Crippen molar-refractivity contribution in [2.24, 2.45) is 7.05 Å². The Hall–Kier alpha value is -5.76. The molecule has 1 N–H and O–H groups in total. The first-order valence-corrected chi connectivity index (χ1v) is 13.9. The second kappa shape index (κ2) is 10.3. The summed E-state index contributed by atoms with van der Waals surface area (Å²) in [5.74, 6) is -0.592. The van der Waals surface area contributed by atoms with Crippen molar-refractivity contribution >= 4 is 27.9 Å². The fourth-order valence-corrected chi connectivity index (χ4v) is 5.95. The van der Waals surface area contributed by atoms with Gasteiger partial charge in [0, 0.05) is 30.3 Å². The van der Waals surface area contributed by atoms with Crippen LogP contribution >= 0.6 is 0 Å². The number of pyridine rings is 1. The molecule has 7 rings (SSSR count). The lowest BCUT2D eigenvalue weighted by Crippen LogP contribution is -2.38. The molecule has 8 heteroatoms. The summed E-state index contributed by atoms with van der Waals surface area (Å²) in [6.45, 7) is 0. The maximum Gasteiger partial charge on any atom is 0.376 e. The van der Waals surface area contributed by atoms with E-state index in [4.69, 9.17) is 4.74 Å². The number of ether oxygens (including phenoxy) is 1. The molecule has 0 saturated heterocycles. The van der Waals surface area contributed by atoms with Crippen LogP contribution < -0.4 is 5.56 Å². The Balaban J connectivity index is 1.67. The second-order valence-corrected chi connectivity index (χ2v) is 10.4. The third-order valence-corrected chi connectivity index (χ3v) is 7.93. The lowest BCUT2D eigenvalue weighted by atomic mass is 9.77. The predicted octanol–water partition coefficient (Wildman–Crippen LogP) is 5.91. The molecule has 0 bridgehead atoms. The van der Waals surface area contributed by atoms with Crippen LogP contribution in [0.1, 0.15) is 27.3 Å². The molecule has 43 heavy (non-hydrogen) atoms. The summed E-state index contributed by atoms with van der Waals surface area (Å²) in [4.78, 5) is 33.7. The van der Waals surface area contributed by atoms with E-state index in [2.05, 4.69) is 56.1 Å². The van der Waals surface area contributed by atoms with Crippen molar-refractivity contribution in [2.75, 3.05) is 7.11 Å². The summed E-state index contributed by atoms with van der Waals surface area (Å²) in [5.41, 5.74) is 5.74. The van der Waals surface area contributed by atoms with Crippen LogP contribution in [0.15, 0.2) is 126 Å². The Morgan fingerprint density at radius 2 is 1.30 bits per heavy atom. The first kappa shape index (κ1) is 26.2. The predicted molar refractivity (Wildman–Crippen MR) is 166 cm³/mol. The Bertz CT molecular complexity index is 2070. The highest BCUT2D eigenvalue weighted by Gasteiger charge is 2.40. The van der Waals surface area contributed by atoms with Crippen molar-refractivity contribution in [2.45, 2.75) is 5.54 Å². The molecule has 0 radical (unpaired) electrons. The van der Waals surface area contributed by atoms with Crippen LogP contribution in [0, 0.1) is 0 Å². The van der Waals surface area contributed by atoms with Crippen LogP contribution in [0.5, 0.6) is 0 Å². The summed E-state index contributed by atoms with van der Waals surface area (Å²) < 4.78 is 8.62. The third-order valence-electron chi connectivity index (χ3n) is 7.93. The summed E-state index contributed by atoms with van der Waals surface area (Å²) in [7, 11) is 3.05. The molecule has 210 valence electrons. The van der Waals surface area contributed by atoms with Gasteiger partial charge >= 0.3 is 5.97 Å². The largest absolute Gasteiger partial charge is 0.463 e. The van der Waals surface area contributed by atoms with E-state index in [1.165, 1.54) is 7.11 Å². The highest BCUT2D eigenvalue weighted by molar-refractivity contribution is 6.02. The maximum absolute atomic E-state index is 12.4. The van der Waals surface area contributed by atoms with E-state index >= 15 is 0 Å². The van der Waals surface area contributed by atoms with Crippen LogP contribution in [-0.4, -0.2) is 37.4 Å². The van der Waals surface area contributed by atoms with Crippen LogP contribution in [0.2, 0.25) is 0 Å². The topological polar surface area (TPSA) is 94.8 Å². The van der Waals surface area contributed by atoms with Crippen LogP contribution in [-0.2, 0) is 17.3 Å². The SMILES string of the molecule is COC(=O)c1nc2cc3c(-c4ccc(=O)n(C)c4)[nH]n(C(c4ccccc4)(c4ccccc4)c4ccccc4)c3cc2n1. The van der Waals surface area contributed by atoms with Crippen molar-refractivity contribution in [1.82, 2.24) is 24.3 Å². The fraction of sp³-hybridized carbons (Fsp3) is 0.0857. The zero-order valence-corrected chi connectivity index (χ0v) is 23.6. The van der Waals surface area contributed by atoms with Gasteiger partial charge in [-0.15, -0.1) is 0 Å². The molecule has 0 fully saturated rings. The fourth-order valence-electron chi connectivity index (χ4n) is 5.95. The van der Waals surface area contributed by atoms with Crippen molar-refractivity contribution in [3.8, 4) is 11.3 Å². The number of hydrogen-bond acceptors (Lipinski definition) is 5. The van der Waals surface area contributed by atoms with Crippen LogP contribution in [0.3, 0.4) is 0 Å². The number of rotatable bonds is 6. The highest BCUT2D eigenvalue weighted by Crippen LogP contribution is 2.44. The van der Waals surface area contributed by atoms with Gasteiger partial charge in [0.2, 0.25) is 11.4 Å². The van der Waals surface area contributed by atoms with Gasteiger partial charge in [-0.2, -0.15) is 0 Å². The minimum atomic E-state index is -0.847. The van der Waals surface area contributed by atoms with Crippen molar-refractivity contribution in [3.05, 3.63) is 154 Å². The zero-order valence-electron chi connectivity index (χ0n) is 23.6. The van der Waals surface area contributed by atoms with Gasteiger partial charge in [0.05, 0.1) is 29.4 Å². The molecule has 0 amide bonds. The number of nitrogens with one attached hydrogen (secondary N) is 1. The van der Waals surface area contributed by atoms with E-state index in [0.29, 0.717) is 11.0 Å². The standard InChI is InChI=1S/C35H27N5O3/c1-39-22-23(18-19-31(39)41)32-27-20-28-29(37-33(36-28)34(42)43-2)21-30(27)40(38-32)35(24-12-6-3-7-13-24,25-14-8-4-9-15-25)26-16-10-5-11-17-26/h3-22,38H,1-2H3. The minimum Gasteiger partial charge on any atom is -0.463 e. The maximum atomic E-state index is 12.4. The van der Waals surface area contributed by atoms with Gasteiger partial charge in [0.15, 0.2) is 0 Å². The van der Waals surface area contributed by atoms with Gasteiger partial charge < -0.3 is 9.30 Å². The van der Waals surface area contributed by atoms with Crippen molar-refractivity contribution < 1.29 is 9.53 Å². The monoisotopic (exact) mass is 565 g/mol. The number of benzene rings is 4. The van der Waals surface area contributed by atoms with E-state index < -0.39 is 11.5 Å². The first-order chi connectivity index (χ1) is 21.0. The zero-order chi connectivity index (χ0) is 29.6. The third kappa shape index (κ3) is 4.15.